The lowest BCUT2D eigenvalue weighted by atomic mass is 10.1. The number of hydrogen-bond acceptors (Lipinski definition) is 3. The molecule has 1 aromatic carbocycles. The first-order valence-corrected chi connectivity index (χ1v) is 8.04. The fourth-order valence-electron chi connectivity index (χ4n) is 3.51. The number of benzene rings is 1. The number of aryl methyl sites for hydroxylation is 1. The zero-order valence-electron chi connectivity index (χ0n) is 13.0. The number of rotatable bonds is 2. The monoisotopic (exact) mass is 306 g/mol. The SMILES string of the molecule is Cc1ccc(C(=O)N2CCN(C3CCCC3O)CC2)cc1F. The van der Waals surface area contributed by atoms with E-state index in [2.05, 4.69) is 4.90 Å². The maximum atomic E-state index is 13.6. The molecule has 5 heteroatoms. The minimum Gasteiger partial charge on any atom is -0.391 e. The van der Waals surface area contributed by atoms with Crippen molar-refractivity contribution in [2.75, 3.05) is 26.2 Å². The maximum absolute atomic E-state index is 13.6. The fraction of sp³-hybridized carbons (Fsp3) is 0.588. The molecule has 1 aromatic rings. The first kappa shape index (κ1) is 15.4. The Morgan fingerprint density at radius 1 is 1.23 bits per heavy atom. The largest absolute Gasteiger partial charge is 0.391 e. The highest BCUT2D eigenvalue weighted by Gasteiger charge is 2.33. The van der Waals surface area contributed by atoms with Crippen LogP contribution in [0.2, 0.25) is 0 Å². The van der Waals surface area contributed by atoms with Crippen LogP contribution in [-0.4, -0.2) is 59.1 Å². The summed E-state index contributed by atoms with van der Waals surface area (Å²) in [4.78, 5) is 16.5. The van der Waals surface area contributed by atoms with Gasteiger partial charge in [0.15, 0.2) is 0 Å². The molecule has 3 rings (SSSR count). The Balaban J connectivity index is 1.61. The van der Waals surface area contributed by atoms with Crippen molar-refractivity contribution in [3.05, 3.63) is 35.1 Å². The van der Waals surface area contributed by atoms with Crippen LogP contribution in [0.15, 0.2) is 18.2 Å². The average Bonchev–Trinajstić information content (AvgIpc) is 2.95. The molecule has 22 heavy (non-hydrogen) atoms. The first-order valence-electron chi connectivity index (χ1n) is 8.04. The van der Waals surface area contributed by atoms with Crippen molar-refractivity contribution < 1.29 is 14.3 Å². The van der Waals surface area contributed by atoms with Crippen LogP contribution in [0.4, 0.5) is 4.39 Å². The van der Waals surface area contributed by atoms with Gasteiger partial charge in [0.2, 0.25) is 0 Å². The Hall–Kier alpha value is -1.46. The van der Waals surface area contributed by atoms with E-state index in [1.807, 2.05) is 0 Å². The van der Waals surface area contributed by atoms with E-state index in [0.717, 1.165) is 32.4 Å². The summed E-state index contributed by atoms with van der Waals surface area (Å²) in [5.41, 5.74) is 0.967. The molecule has 2 atom stereocenters. The van der Waals surface area contributed by atoms with E-state index >= 15 is 0 Å². The fourth-order valence-corrected chi connectivity index (χ4v) is 3.51. The lowest BCUT2D eigenvalue weighted by Crippen LogP contribution is -2.53. The minimum atomic E-state index is -0.335. The van der Waals surface area contributed by atoms with Gasteiger partial charge in [-0.25, -0.2) is 4.39 Å². The molecule has 1 amide bonds. The maximum Gasteiger partial charge on any atom is 0.254 e. The van der Waals surface area contributed by atoms with Gasteiger partial charge in [-0.15, -0.1) is 0 Å². The van der Waals surface area contributed by atoms with Crippen LogP contribution in [0.25, 0.3) is 0 Å². The molecule has 4 nitrogen and oxygen atoms in total. The summed E-state index contributed by atoms with van der Waals surface area (Å²) in [6, 6.07) is 4.90. The highest BCUT2D eigenvalue weighted by molar-refractivity contribution is 5.94. The lowest BCUT2D eigenvalue weighted by molar-refractivity contribution is 0.0315. The summed E-state index contributed by atoms with van der Waals surface area (Å²) >= 11 is 0. The molecule has 1 saturated carbocycles. The second-order valence-corrected chi connectivity index (χ2v) is 6.36. The minimum absolute atomic E-state index is 0.106. The first-order chi connectivity index (χ1) is 10.6. The quantitative estimate of drug-likeness (QED) is 0.906. The summed E-state index contributed by atoms with van der Waals surface area (Å²) in [7, 11) is 0. The van der Waals surface area contributed by atoms with Crippen molar-refractivity contribution in [3.8, 4) is 0 Å². The van der Waals surface area contributed by atoms with Gasteiger partial charge in [0.05, 0.1) is 6.10 Å². The van der Waals surface area contributed by atoms with Crippen molar-refractivity contribution >= 4 is 5.91 Å². The van der Waals surface area contributed by atoms with E-state index in [4.69, 9.17) is 0 Å². The summed E-state index contributed by atoms with van der Waals surface area (Å²) < 4.78 is 13.6. The van der Waals surface area contributed by atoms with Gasteiger partial charge in [0.25, 0.3) is 5.91 Å². The normalized spacial score (nSPS) is 26.4. The number of halogens is 1. The second kappa shape index (κ2) is 6.34. The van der Waals surface area contributed by atoms with Gasteiger partial charge >= 0.3 is 0 Å². The number of carbonyl (C=O) groups excluding carboxylic acids is 1. The van der Waals surface area contributed by atoms with Crippen LogP contribution >= 0.6 is 0 Å². The molecule has 0 radical (unpaired) electrons. The Labute approximate surface area is 130 Å². The van der Waals surface area contributed by atoms with Crippen LogP contribution in [0, 0.1) is 12.7 Å². The number of amides is 1. The number of hydrogen-bond donors (Lipinski definition) is 1. The van der Waals surface area contributed by atoms with Crippen molar-refractivity contribution in [2.45, 2.75) is 38.3 Å². The topological polar surface area (TPSA) is 43.8 Å². The lowest BCUT2D eigenvalue weighted by Gasteiger charge is -2.39. The highest BCUT2D eigenvalue weighted by atomic mass is 19.1. The smallest absolute Gasteiger partial charge is 0.254 e. The van der Waals surface area contributed by atoms with E-state index in [1.54, 1.807) is 24.0 Å². The Morgan fingerprint density at radius 2 is 1.95 bits per heavy atom. The van der Waals surface area contributed by atoms with Gasteiger partial charge in [-0.1, -0.05) is 6.07 Å². The molecule has 0 spiro atoms. The third-order valence-electron chi connectivity index (χ3n) is 4.93. The molecular weight excluding hydrogens is 283 g/mol. The third kappa shape index (κ3) is 3.01. The van der Waals surface area contributed by atoms with Crippen molar-refractivity contribution in [3.63, 3.8) is 0 Å². The third-order valence-corrected chi connectivity index (χ3v) is 4.93. The zero-order chi connectivity index (χ0) is 15.7. The number of nitrogens with zero attached hydrogens (tertiary/aromatic N) is 2. The van der Waals surface area contributed by atoms with E-state index in [-0.39, 0.29) is 23.9 Å². The van der Waals surface area contributed by atoms with E-state index in [9.17, 15) is 14.3 Å². The Kier molecular flexibility index (Phi) is 4.45. The van der Waals surface area contributed by atoms with Gasteiger partial charge in [0.1, 0.15) is 5.82 Å². The highest BCUT2D eigenvalue weighted by Crippen LogP contribution is 2.25. The van der Waals surface area contributed by atoms with E-state index in [0.29, 0.717) is 24.2 Å². The van der Waals surface area contributed by atoms with Crippen molar-refractivity contribution in [2.24, 2.45) is 0 Å². The van der Waals surface area contributed by atoms with Crippen molar-refractivity contribution in [1.82, 2.24) is 9.80 Å². The predicted octanol–water partition coefficient (Wildman–Crippen LogP) is 1.81. The van der Waals surface area contributed by atoms with E-state index < -0.39 is 0 Å². The molecule has 120 valence electrons. The molecule has 0 bridgehead atoms. The molecule has 1 aliphatic heterocycles. The molecule has 1 N–H and O–H groups in total. The summed E-state index contributed by atoms with van der Waals surface area (Å²) in [5, 5.41) is 9.99. The summed E-state index contributed by atoms with van der Waals surface area (Å²) in [5.74, 6) is -0.441. The number of piperazine rings is 1. The Morgan fingerprint density at radius 3 is 2.55 bits per heavy atom. The molecule has 2 unspecified atom stereocenters. The molecule has 2 aliphatic rings. The number of aliphatic hydroxyl groups excluding tert-OH is 1. The average molecular weight is 306 g/mol. The molecule has 1 saturated heterocycles. The molecular formula is C17H23FN2O2. The zero-order valence-corrected chi connectivity index (χ0v) is 13.0. The summed E-state index contributed by atoms with van der Waals surface area (Å²) in [6.45, 7) is 4.52. The van der Waals surface area contributed by atoms with Crippen molar-refractivity contribution in [1.29, 1.82) is 0 Å². The van der Waals surface area contributed by atoms with Crippen LogP contribution < -0.4 is 0 Å². The van der Waals surface area contributed by atoms with Gasteiger partial charge in [-0.2, -0.15) is 0 Å². The van der Waals surface area contributed by atoms with Crippen LogP contribution in [0.1, 0.15) is 35.2 Å². The number of aliphatic hydroxyl groups is 1. The summed E-state index contributed by atoms with van der Waals surface area (Å²) in [6.07, 6.45) is 2.77. The standard InChI is InChI=1S/C17H23FN2O2/c1-12-5-6-13(11-14(12)18)17(22)20-9-7-19(8-10-20)15-3-2-4-16(15)21/h5-6,11,15-16,21H,2-4,7-10H2,1H3. The number of carbonyl (C=O) groups is 1. The predicted molar refractivity (Wildman–Crippen MR) is 82.3 cm³/mol. The van der Waals surface area contributed by atoms with Gasteiger partial charge in [0, 0.05) is 37.8 Å². The second-order valence-electron chi connectivity index (χ2n) is 6.36. The van der Waals surface area contributed by atoms with Gasteiger partial charge in [-0.05, 0) is 43.9 Å². The molecule has 2 fully saturated rings. The van der Waals surface area contributed by atoms with Gasteiger partial charge in [-0.3, -0.25) is 9.69 Å². The van der Waals surface area contributed by atoms with Gasteiger partial charge < -0.3 is 10.0 Å². The molecule has 0 aromatic heterocycles. The van der Waals surface area contributed by atoms with E-state index in [1.165, 1.54) is 6.07 Å². The van der Waals surface area contributed by atoms with Crippen LogP contribution in [0.5, 0.6) is 0 Å². The van der Waals surface area contributed by atoms with Crippen LogP contribution in [0.3, 0.4) is 0 Å². The molecule has 1 aliphatic carbocycles. The molecule has 1 heterocycles. The Bertz CT molecular complexity index is 556. The van der Waals surface area contributed by atoms with Crippen LogP contribution in [-0.2, 0) is 0 Å².